The zero-order valence-electron chi connectivity index (χ0n) is 11.3. The van der Waals surface area contributed by atoms with Crippen molar-refractivity contribution in [2.24, 2.45) is 5.73 Å². The second-order valence-corrected chi connectivity index (χ2v) is 4.57. The van der Waals surface area contributed by atoms with Crippen molar-refractivity contribution in [3.05, 3.63) is 65.5 Å². The Hall–Kier alpha value is -1.91. The van der Waals surface area contributed by atoms with E-state index in [4.69, 9.17) is 5.73 Å². The van der Waals surface area contributed by atoms with E-state index in [1.807, 2.05) is 41.3 Å². The second kappa shape index (κ2) is 7.03. The van der Waals surface area contributed by atoms with Gasteiger partial charge in [-0.2, -0.15) is 0 Å². The van der Waals surface area contributed by atoms with Crippen LogP contribution in [-0.2, 0) is 13.1 Å². The van der Waals surface area contributed by atoms with Gasteiger partial charge in [0.15, 0.2) is 0 Å². The Morgan fingerprint density at radius 3 is 2.45 bits per heavy atom. The monoisotopic (exact) mass is 274 g/mol. The number of benzene rings is 2. The van der Waals surface area contributed by atoms with Crippen LogP contribution < -0.4 is 10.6 Å². The molecule has 20 heavy (non-hydrogen) atoms. The Morgan fingerprint density at radius 2 is 1.80 bits per heavy atom. The van der Waals surface area contributed by atoms with Crippen molar-refractivity contribution in [1.29, 1.82) is 0 Å². The normalized spacial score (nSPS) is 10.6. The van der Waals surface area contributed by atoms with Crippen molar-refractivity contribution >= 4 is 5.69 Å². The number of aliphatic hydroxyl groups excluding tert-OH is 1. The summed E-state index contributed by atoms with van der Waals surface area (Å²) in [6.45, 7) is 1.19. The van der Waals surface area contributed by atoms with E-state index in [0.717, 1.165) is 11.3 Å². The molecule has 0 aromatic heterocycles. The fourth-order valence-electron chi connectivity index (χ4n) is 2.25. The fourth-order valence-corrected chi connectivity index (χ4v) is 2.25. The van der Waals surface area contributed by atoms with E-state index in [0.29, 0.717) is 18.7 Å². The Balaban J connectivity index is 2.31. The minimum atomic E-state index is -0.305. The number of hydrogen-bond acceptors (Lipinski definition) is 3. The second-order valence-electron chi connectivity index (χ2n) is 4.57. The molecule has 3 nitrogen and oxygen atoms in total. The molecular formula is C16H19FN2O. The van der Waals surface area contributed by atoms with Gasteiger partial charge in [0.25, 0.3) is 0 Å². The summed E-state index contributed by atoms with van der Waals surface area (Å²) in [4.78, 5) is 1.95. The highest BCUT2D eigenvalue weighted by atomic mass is 19.1. The van der Waals surface area contributed by atoms with Gasteiger partial charge in [-0.1, -0.05) is 36.4 Å². The molecule has 106 valence electrons. The number of nitrogens with zero attached hydrogens (tertiary/aromatic N) is 1. The quantitative estimate of drug-likeness (QED) is 0.849. The SMILES string of the molecule is NCc1c(F)cccc1N(CCO)Cc1ccccc1. The summed E-state index contributed by atoms with van der Waals surface area (Å²) in [6, 6.07) is 14.8. The third-order valence-electron chi connectivity index (χ3n) is 3.23. The molecule has 0 spiro atoms. The van der Waals surface area contributed by atoms with Crippen LogP contribution in [-0.4, -0.2) is 18.3 Å². The highest BCUT2D eigenvalue weighted by Gasteiger charge is 2.13. The van der Waals surface area contributed by atoms with Gasteiger partial charge >= 0.3 is 0 Å². The lowest BCUT2D eigenvalue weighted by atomic mass is 10.1. The summed E-state index contributed by atoms with van der Waals surface area (Å²) in [5.41, 5.74) is 7.98. The molecule has 0 aliphatic heterocycles. The van der Waals surface area contributed by atoms with Gasteiger partial charge in [-0.25, -0.2) is 4.39 Å². The Labute approximate surface area is 118 Å². The predicted molar refractivity (Wildman–Crippen MR) is 78.9 cm³/mol. The topological polar surface area (TPSA) is 49.5 Å². The molecule has 2 aromatic carbocycles. The standard InChI is InChI=1S/C16H19FN2O/c17-15-7-4-8-16(14(15)11-18)19(9-10-20)12-13-5-2-1-3-6-13/h1-8,20H,9-12,18H2. The van der Waals surface area contributed by atoms with Gasteiger partial charge in [-0.05, 0) is 17.7 Å². The van der Waals surface area contributed by atoms with E-state index in [1.165, 1.54) is 6.07 Å². The van der Waals surface area contributed by atoms with Gasteiger partial charge in [-0.3, -0.25) is 0 Å². The van der Waals surface area contributed by atoms with Crippen molar-refractivity contribution in [3.63, 3.8) is 0 Å². The maximum atomic E-state index is 13.8. The first-order chi connectivity index (χ1) is 9.76. The molecule has 2 aromatic rings. The van der Waals surface area contributed by atoms with E-state index in [9.17, 15) is 9.50 Å². The molecule has 0 atom stereocenters. The highest BCUT2D eigenvalue weighted by molar-refractivity contribution is 5.54. The molecule has 3 N–H and O–H groups in total. The smallest absolute Gasteiger partial charge is 0.129 e. The van der Waals surface area contributed by atoms with Crippen LogP contribution in [0.1, 0.15) is 11.1 Å². The predicted octanol–water partition coefficient (Wildman–Crippen LogP) is 2.28. The third-order valence-corrected chi connectivity index (χ3v) is 3.23. The Morgan fingerprint density at radius 1 is 1.05 bits per heavy atom. The van der Waals surface area contributed by atoms with Crippen molar-refractivity contribution in [2.45, 2.75) is 13.1 Å². The van der Waals surface area contributed by atoms with E-state index in [-0.39, 0.29) is 19.0 Å². The molecule has 0 radical (unpaired) electrons. The van der Waals surface area contributed by atoms with Crippen LogP contribution in [0.15, 0.2) is 48.5 Å². The number of halogens is 1. The molecular weight excluding hydrogens is 255 g/mol. The molecule has 0 saturated heterocycles. The number of hydrogen-bond donors (Lipinski definition) is 2. The summed E-state index contributed by atoms with van der Waals surface area (Å²) in [5.74, 6) is -0.305. The van der Waals surface area contributed by atoms with Gasteiger partial charge in [0, 0.05) is 30.9 Å². The summed E-state index contributed by atoms with van der Waals surface area (Å²) >= 11 is 0. The number of rotatable bonds is 6. The summed E-state index contributed by atoms with van der Waals surface area (Å²) in [7, 11) is 0. The lowest BCUT2D eigenvalue weighted by Crippen LogP contribution is -2.27. The molecule has 0 fully saturated rings. The summed E-state index contributed by atoms with van der Waals surface area (Å²) in [6.07, 6.45) is 0. The zero-order valence-corrected chi connectivity index (χ0v) is 11.3. The van der Waals surface area contributed by atoms with Crippen LogP contribution in [0.25, 0.3) is 0 Å². The molecule has 0 bridgehead atoms. The zero-order chi connectivity index (χ0) is 14.4. The molecule has 0 aliphatic carbocycles. The van der Waals surface area contributed by atoms with Crippen LogP contribution in [0.3, 0.4) is 0 Å². The van der Waals surface area contributed by atoms with Gasteiger partial charge in [0.2, 0.25) is 0 Å². The van der Waals surface area contributed by atoms with Gasteiger partial charge in [0.1, 0.15) is 5.82 Å². The molecule has 0 saturated carbocycles. The Bertz CT molecular complexity index is 545. The molecule has 0 aliphatic rings. The van der Waals surface area contributed by atoms with E-state index >= 15 is 0 Å². The first-order valence-corrected chi connectivity index (χ1v) is 6.63. The molecule has 0 amide bonds. The lowest BCUT2D eigenvalue weighted by Gasteiger charge is -2.26. The van der Waals surface area contributed by atoms with Gasteiger partial charge < -0.3 is 15.7 Å². The average molecular weight is 274 g/mol. The van der Waals surface area contributed by atoms with Crippen LogP contribution in [0.4, 0.5) is 10.1 Å². The first-order valence-electron chi connectivity index (χ1n) is 6.63. The van der Waals surface area contributed by atoms with Crippen molar-refractivity contribution in [1.82, 2.24) is 0 Å². The van der Waals surface area contributed by atoms with Crippen molar-refractivity contribution in [3.8, 4) is 0 Å². The molecule has 0 heterocycles. The number of anilines is 1. The summed E-state index contributed by atoms with van der Waals surface area (Å²) in [5, 5.41) is 9.24. The Kier molecular flexibility index (Phi) is 5.09. The van der Waals surface area contributed by atoms with E-state index in [1.54, 1.807) is 6.07 Å². The van der Waals surface area contributed by atoms with E-state index in [2.05, 4.69) is 0 Å². The number of aliphatic hydroxyl groups is 1. The first kappa shape index (κ1) is 14.5. The molecule has 4 heteroatoms. The molecule has 2 rings (SSSR count). The van der Waals surface area contributed by atoms with Gasteiger partial charge in [0.05, 0.1) is 6.61 Å². The molecule has 0 unspecified atom stereocenters. The van der Waals surface area contributed by atoms with E-state index < -0.39 is 0 Å². The minimum Gasteiger partial charge on any atom is -0.395 e. The fraction of sp³-hybridized carbons (Fsp3) is 0.250. The van der Waals surface area contributed by atoms with Crippen LogP contribution in [0.5, 0.6) is 0 Å². The maximum absolute atomic E-state index is 13.8. The highest BCUT2D eigenvalue weighted by Crippen LogP contribution is 2.24. The third kappa shape index (κ3) is 3.35. The van der Waals surface area contributed by atoms with Crippen LogP contribution >= 0.6 is 0 Å². The number of nitrogens with two attached hydrogens (primary N) is 1. The van der Waals surface area contributed by atoms with Crippen LogP contribution in [0.2, 0.25) is 0 Å². The minimum absolute atomic E-state index is 0.00730. The average Bonchev–Trinajstić information content (AvgIpc) is 2.47. The lowest BCUT2D eigenvalue weighted by molar-refractivity contribution is 0.301. The largest absolute Gasteiger partial charge is 0.395 e. The maximum Gasteiger partial charge on any atom is 0.129 e. The van der Waals surface area contributed by atoms with Crippen molar-refractivity contribution < 1.29 is 9.50 Å². The van der Waals surface area contributed by atoms with Crippen molar-refractivity contribution in [2.75, 3.05) is 18.1 Å². The summed E-state index contributed by atoms with van der Waals surface area (Å²) < 4.78 is 13.8. The van der Waals surface area contributed by atoms with Crippen LogP contribution in [0, 0.1) is 5.82 Å². The van der Waals surface area contributed by atoms with Gasteiger partial charge in [-0.15, -0.1) is 0 Å².